The Hall–Kier alpha value is -1.34. The average Bonchev–Trinajstić information content (AvgIpc) is 2.46. The molecule has 0 radical (unpaired) electrons. The van der Waals surface area contributed by atoms with Gasteiger partial charge in [0.05, 0.1) is 0 Å². The van der Waals surface area contributed by atoms with Crippen LogP contribution in [-0.4, -0.2) is 13.1 Å². The SMILES string of the molecule is CC(C)CNCC(Cc1cccc2ccccc12)C(C)C. The summed E-state index contributed by atoms with van der Waals surface area (Å²) in [5.74, 6) is 2.11. The third-order valence-electron chi connectivity index (χ3n) is 4.26. The monoisotopic (exact) mass is 283 g/mol. The van der Waals surface area contributed by atoms with Crippen LogP contribution in [0.5, 0.6) is 0 Å². The first-order chi connectivity index (χ1) is 10.1. The maximum Gasteiger partial charge on any atom is -0.00148 e. The van der Waals surface area contributed by atoms with Gasteiger partial charge in [0.2, 0.25) is 0 Å². The van der Waals surface area contributed by atoms with Crippen LogP contribution in [0.2, 0.25) is 0 Å². The highest BCUT2D eigenvalue weighted by Gasteiger charge is 2.15. The molecule has 0 aliphatic rings. The van der Waals surface area contributed by atoms with Crippen molar-refractivity contribution in [2.75, 3.05) is 13.1 Å². The Balaban J connectivity index is 2.11. The number of hydrogen-bond acceptors (Lipinski definition) is 1. The lowest BCUT2D eigenvalue weighted by atomic mass is 9.87. The highest BCUT2D eigenvalue weighted by Crippen LogP contribution is 2.24. The van der Waals surface area contributed by atoms with Gasteiger partial charge < -0.3 is 5.32 Å². The van der Waals surface area contributed by atoms with Crippen molar-refractivity contribution in [3.05, 3.63) is 48.0 Å². The zero-order valence-electron chi connectivity index (χ0n) is 13.9. The lowest BCUT2D eigenvalue weighted by molar-refractivity contribution is 0.353. The van der Waals surface area contributed by atoms with E-state index in [4.69, 9.17) is 0 Å². The van der Waals surface area contributed by atoms with Gasteiger partial charge in [-0.15, -0.1) is 0 Å². The van der Waals surface area contributed by atoms with Crippen molar-refractivity contribution < 1.29 is 0 Å². The lowest BCUT2D eigenvalue weighted by Crippen LogP contribution is -2.30. The zero-order chi connectivity index (χ0) is 15.2. The van der Waals surface area contributed by atoms with Crippen LogP contribution in [0.25, 0.3) is 10.8 Å². The molecule has 1 heteroatoms. The third-order valence-corrected chi connectivity index (χ3v) is 4.26. The molecule has 0 amide bonds. The van der Waals surface area contributed by atoms with E-state index in [0.717, 1.165) is 25.4 Å². The molecule has 0 fully saturated rings. The van der Waals surface area contributed by atoms with Gasteiger partial charge in [0.15, 0.2) is 0 Å². The van der Waals surface area contributed by atoms with Gasteiger partial charge in [-0.05, 0) is 53.6 Å². The van der Waals surface area contributed by atoms with Gasteiger partial charge in [-0.2, -0.15) is 0 Å². The Labute approximate surface area is 129 Å². The molecule has 0 saturated carbocycles. The molecule has 0 bridgehead atoms. The van der Waals surface area contributed by atoms with Crippen LogP contribution < -0.4 is 5.32 Å². The number of fused-ring (bicyclic) bond motifs is 1. The summed E-state index contributed by atoms with van der Waals surface area (Å²) in [6, 6.07) is 15.4. The van der Waals surface area contributed by atoms with Crippen LogP contribution in [-0.2, 0) is 6.42 Å². The molecule has 2 rings (SSSR count). The van der Waals surface area contributed by atoms with Crippen molar-refractivity contribution in [2.24, 2.45) is 17.8 Å². The molecule has 2 aromatic rings. The predicted molar refractivity (Wildman–Crippen MR) is 93.7 cm³/mol. The predicted octanol–water partition coefficient (Wildman–Crippen LogP) is 4.90. The van der Waals surface area contributed by atoms with Gasteiger partial charge in [-0.25, -0.2) is 0 Å². The fourth-order valence-electron chi connectivity index (χ4n) is 2.85. The quantitative estimate of drug-likeness (QED) is 0.762. The zero-order valence-corrected chi connectivity index (χ0v) is 13.9. The van der Waals surface area contributed by atoms with Crippen LogP contribution >= 0.6 is 0 Å². The summed E-state index contributed by atoms with van der Waals surface area (Å²) in [6.45, 7) is 11.4. The number of benzene rings is 2. The molecule has 1 nitrogen and oxygen atoms in total. The van der Waals surface area contributed by atoms with E-state index in [9.17, 15) is 0 Å². The van der Waals surface area contributed by atoms with Crippen LogP contribution in [0.3, 0.4) is 0 Å². The summed E-state index contributed by atoms with van der Waals surface area (Å²) >= 11 is 0. The van der Waals surface area contributed by atoms with Crippen molar-refractivity contribution in [1.29, 1.82) is 0 Å². The first-order valence-corrected chi connectivity index (χ1v) is 8.25. The molecule has 0 aliphatic carbocycles. The molecular weight excluding hydrogens is 254 g/mol. The van der Waals surface area contributed by atoms with Crippen molar-refractivity contribution in [2.45, 2.75) is 34.1 Å². The first-order valence-electron chi connectivity index (χ1n) is 8.25. The van der Waals surface area contributed by atoms with Gasteiger partial charge in [0, 0.05) is 0 Å². The summed E-state index contributed by atoms with van der Waals surface area (Å²) in [7, 11) is 0. The van der Waals surface area contributed by atoms with Gasteiger partial charge in [-0.3, -0.25) is 0 Å². The molecule has 114 valence electrons. The minimum Gasteiger partial charge on any atom is -0.316 e. The highest BCUT2D eigenvalue weighted by atomic mass is 14.9. The molecule has 2 aromatic carbocycles. The molecule has 1 N–H and O–H groups in total. The van der Waals surface area contributed by atoms with E-state index < -0.39 is 0 Å². The molecule has 0 aromatic heterocycles. The van der Waals surface area contributed by atoms with E-state index in [2.05, 4.69) is 75.5 Å². The lowest BCUT2D eigenvalue weighted by Gasteiger charge is -2.23. The Kier molecular flexibility index (Phi) is 5.81. The Morgan fingerprint density at radius 3 is 2.29 bits per heavy atom. The van der Waals surface area contributed by atoms with Gasteiger partial charge >= 0.3 is 0 Å². The van der Waals surface area contributed by atoms with E-state index in [0.29, 0.717) is 11.8 Å². The van der Waals surface area contributed by atoms with Crippen molar-refractivity contribution in [3.63, 3.8) is 0 Å². The fraction of sp³-hybridized carbons (Fsp3) is 0.500. The minimum absolute atomic E-state index is 0.689. The molecule has 0 saturated heterocycles. The van der Waals surface area contributed by atoms with E-state index in [1.807, 2.05) is 0 Å². The molecule has 0 aliphatic heterocycles. The number of rotatable bonds is 7. The second-order valence-electron chi connectivity index (χ2n) is 6.90. The summed E-state index contributed by atoms with van der Waals surface area (Å²) < 4.78 is 0. The summed E-state index contributed by atoms with van der Waals surface area (Å²) in [4.78, 5) is 0. The van der Waals surface area contributed by atoms with Gasteiger partial charge in [0.1, 0.15) is 0 Å². The fourth-order valence-corrected chi connectivity index (χ4v) is 2.85. The smallest absolute Gasteiger partial charge is 0.00148 e. The molecular formula is C20H29N. The maximum absolute atomic E-state index is 3.63. The first kappa shape index (κ1) is 16.0. The summed E-state index contributed by atoms with van der Waals surface area (Å²) in [5.41, 5.74) is 1.48. The van der Waals surface area contributed by atoms with E-state index >= 15 is 0 Å². The normalized spacial score (nSPS) is 13.2. The third kappa shape index (κ3) is 4.57. The van der Waals surface area contributed by atoms with E-state index in [1.165, 1.54) is 16.3 Å². The average molecular weight is 283 g/mol. The Morgan fingerprint density at radius 1 is 0.857 bits per heavy atom. The van der Waals surface area contributed by atoms with Crippen LogP contribution in [0.1, 0.15) is 33.3 Å². The Bertz CT molecular complexity index is 551. The number of nitrogens with one attached hydrogen (secondary N) is 1. The van der Waals surface area contributed by atoms with Gasteiger partial charge in [-0.1, -0.05) is 70.2 Å². The maximum atomic E-state index is 3.63. The molecule has 21 heavy (non-hydrogen) atoms. The summed E-state index contributed by atoms with van der Waals surface area (Å²) in [5, 5.41) is 6.40. The van der Waals surface area contributed by atoms with E-state index in [-0.39, 0.29) is 0 Å². The Morgan fingerprint density at radius 2 is 1.57 bits per heavy atom. The second kappa shape index (κ2) is 7.61. The van der Waals surface area contributed by atoms with Crippen molar-refractivity contribution in [1.82, 2.24) is 5.32 Å². The van der Waals surface area contributed by atoms with Crippen LogP contribution in [0.15, 0.2) is 42.5 Å². The second-order valence-corrected chi connectivity index (χ2v) is 6.90. The molecule has 1 atom stereocenters. The van der Waals surface area contributed by atoms with Crippen molar-refractivity contribution in [3.8, 4) is 0 Å². The van der Waals surface area contributed by atoms with E-state index in [1.54, 1.807) is 0 Å². The minimum atomic E-state index is 0.689. The standard InChI is InChI=1S/C20H29N/c1-15(2)13-21-14-19(16(3)4)12-18-10-7-9-17-8-5-6-11-20(17)18/h5-11,15-16,19,21H,12-14H2,1-4H3. The summed E-state index contributed by atoms with van der Waals surface area (Å²) in [6.07, 6.45) is 1.16. The topological polar surface area (TPSA) is 12.0 Å². The van der Waals surface area contributed by atoms with Crippen LogP contribution in [0.4, 0.5) is 0 Å². The van der Waals surface area contributed by atoms with Crippen molar-refractivity contribution >= 4 is 10.8 Å². The molecule has 0 spiro atoms. The largest absolute Gasteiger partial charge is 0.316 e. The molecule has 0 heterocycles. The highest BCUT2D eigenvalue weighted by molar-refractivity contribution is 5.85. The van der Waals surface area contributed by atoms with Gasteiger partial charge in [0.25, 0.3) is 0 Å². The number of hydrogen-bond donors (Lipinski definition) is 1. The molecule has 1 unspecified atom stereocenters. The van der Waals surface area contributed by atoms with Crippen LogP contribution in [0, 0.1) is 17.8 Å².